The summed E-state index contributed by atoms with van der Waals surface area (Å²) in [5, 5.41) is 5.45. The third-order valence-electron chi connectivity index (χ3n) is 4.56. The van der Waals surface area contributed by atoms with Gasteiger partial charge in [0.05, 0.1) is 21.3 Å². The van der Waals surface area contributed by atoms with Gasteiger partial charge in [0.1, 0.15) is 0 Å². The fraction of sp³-hybridized carbons (Fsp3) is 0.316. The van der Waals surface area contributed by atoms with Crippen LogP contribution in [0.25, 0.3) is 0 Å². The summed E-state index contributed by atoms with van der Waals surface area (Å²) in [6.07, 6.45) is 1.68. The second-order valence-electron chi connectivity index (χ2n) is 6.52. The molecule has 4 N–H and O–H groups in total. The molecular formula is C19H21BrN4O3S. The van der Waals surface area contributed by atoms with Gasteiger partial charge in [-0.05, 0) is 59.1 Å². The summed E-state index contributed by atoms with van der Waals surface area (Å²) >= 11 is 4.61. The van der Waals surface area contributed by atoms with Crippen LogP contribution in [0.1, 0.15) is 28.1 Å². The predicted octanol–water partition coefficient (Wildman–Crippen LogP) is 2.33. The van der Waals surface area contributed by atoms with Crippen molar-refractivity contribution >= 4 is 50.7 Å². The zero-order valence-electron chi connectivity index (χ0n) is 15.1. The standard InChI is InChI=1S/C19H21BrN4O3S/c20-16-8-7-15(28-16)19(27)22-10-17(25)23-13-5-2-1-4-12(13)11-24-9-3-6-14(24)18(21)26/h1-2,4-5,7-8,14H,3,6,9-11H2,(H2,21,26)(H,22,27)(H,23,25). The van der Waals surface area contributed by atoms with Gasteiger partial charge in [-0.3, -0.25) is 19.3 Å². The van der Waals surface area contributed by atoms with Gasteiger partial charge in [0.2, 0.25) is 11.8 Å². The number of carbonyl (C=O) groups excluding carboxylic acids is 3. The highest BCUT2D eigenvalue weighted by Gasteiger charge is 2.29. The quantitative estimate of drug-likeness (QED) is 0.584. The van der Waals surface area contributed by atoms with E-state index < -0.39 is 0 Å². The minimum absolute atomic E-state index is 0.129. The van der Waals surface area contributed by atoms with Crippen LogP contribution in [-0.4, -0.2) is 41.8 Å². The monoisotopic (exact) mass is 464 g/mol. The molecule has 2 aromatic rings. The molecule has 3 rings (SSSR count). The number of anilines is 1. The van der Waals surface area contributed by atoms with E-state index in [1.807, 2.05) is 23.1 Å². The number of nitrogens with one attached hydrogen (secondary N) is 2. The number of nitrogens with two attached hydrogens (primary N) is 1. The summed E-state index contributed by atoms with van der Waals surface area (Å²) in [4.78, 5) is 38.5. The average molecular weight is 465 g/mol. The van der Waals surface area contributed by atoms with E-state index in [-0.39, 0.29) is 30.3 Å². The topological polar surface area (TPSA) is 105 Å². The Bertz CT molecular complexity index is 886. The molecule has 7 nitrogen and oxygen atoms in total. The molecule has 0 spiro atoms. The SMILES string of the molecule is NC(=O)C1CCCN1Cc1ccccc1NC(=O)CNC(=O)c1ccc(Br)s1. The minimum atomic E-state index is -0.318. The first-order valence-corrected chi connectivity index (χ1v) is 10.5. The third kappa shape index (κ3) is 5.18. The zero-order valence-corrected chi connectivity index (χ0v) is 17.5. The molecule has 1 aliphatic heterocycles. The van der Waals surface area contributed by atoms with Crippen LogP contribution in [0.5, 0.6) is 0 Å². The molecular weight excluding hydrogens is 444 g/mol. The first-order chi connectivity index (χ1) is 13.4. The number of rotatable bonds is 7. The van der Waals surface area contributed by atoms with E-state index in [0.717, 1.165) is 28.7 Å². The number of hydrogen-bond acceptors (Lipinski definition) is 5. The van der Waals surface area contributed by atoms with Crippen molar-refractivity contribution in [2.45, 2.75) is 25.4 Å². The van der Waals surface area contributed by atoms with Crippen molar-refractivity contribution in [1.82, 2.24) is 10.2 Å². The second kappa shape index (κ2) is 9.31. The molecule has 1 saturated heterocycles. The smallest absolute Gasteiger partial charge is 0.261 e. The number of thiophene rings is 1. The van der Waals surface area contributed by atoms with Crippen molar-refractivity contribution in [1.29, 1.82) is 0 Å². The van der Waals surface area contributed by atoms with Crippen molar-refractivity contribution < 1.29 is 14.4 Å². The molecule has 1 unspecified atom stereocenters. The molecule has 0 radical (unpaired) electrons. The molecule has 1 aliphatic rings. The number of likely N-dealkylation sites (tertiary alicyclic amines) is 1. The number of amides is 3. The lowest BCUT2D eigenvalue weighted by Crippen LogP contribution is -2.40. The van der Waals surface area contributed by atoms with Gasteiger partial charge in [-0.15, -0.1) is 11.3 Å². The number of benzene rings is 1. The average Bonchev–Trinajstić information content (AvgIpc) is 3.30. The largest absolute Gasteiger partial charge is 0.368 e. The number of nitrogens with zero attached hydrogens (tertiary/aromatic N) is 1. The third-order valence-corrected chi connectivity index (χ3v) is 6.19. The number of hydrogen-bond donors (Lipinski definition) is 3. The molecule has 148 valence electrons. The van der Waals surface area contributed by atoms with Crippen molar-refractivity contribution in [2.24, 2.45) is 5.73 Å². The predicted molar refractivity (Wildman–Crippen MR) is 112 cm³/mol. The molecule has 0 saturated carbocycles. The first kappa shape index (κ1) is 20.5. The van der Waals surface area contributed by atoms with E-state index in [0.29, 0.717) is 17.1 Å². The van der Waals surface area contributed by atoms with Crippen LogP contribution in [-0.2, 0) is 16.1 Å². The van der Waals surface area contributed by atoms with E-state index in [1.54, 1.807) is 18.2 Å². The normalized spacial score (nSPS) is 16.7. The van der Waals surface area contributed by atoms with E-state index >= 15 is 0 Å². The molecule has 2 heterocycles. The number of halogens is 1. The van der Waals surface area contributed by atoms with Crippen molar-refractivity contribution in [3.8, 4) is 0 Å². The Balaban J connectivity index is 1.59. The summed E-state index contributed by atoms with van der Waals surface area (Å²) in [6.45, 7) is 1.19. The lowest BCUT2D eigenvalue weighted by Gasteiger charge is -2.23. The van der Waals surface area contributed by atoms with E-state index in [1.165, 1.54) is 11.3 Å². The highest BCUT2D eigenvalue weighted by Crippen LogP contribution is 2.24. The Kier molecular flexibility index (Phi) is 6.82. The van der Waals surface area contributed by atoms with Crippen LogP contribution in [0.15, 0.2) is 40.2 Å². The molecule has 1 atom stereocenters. The van der Waals surface area contributed by atoms with Crippen LogP contribution in [0, 0.1) is 0 Å². The van der Waals surface area contributed by atoms with Gasteiger partial charge < -0.3 is 16.4 Å². The Labute approximate surface area is 175 Å². The maximum absolute atomic E-state index is 12.3. The Morgan fingerprint density at radius 3 is 2.71 bits per heavy atom. The van der Waals surface area contributed by atoms with Crippen molar-refractivity contribution in [3.05, 3.63) is 50.6 Å². The molecule has 28 heavy (non-hydrogen) atoms. The summed E-state index contributed by atoms with van der Waals surface area (Å²) in [7, 11) is 0. The lowest BCUT2D eigenvalue weighted by atomic mass is 10.1. The summed E-state index contributed by atoms with van der Waals surface area (Å²) in [5.74, 6) is -0.924. The first-order valence-electron chi connectivity index (χ1n) is 8.88. The molecule has 1 aromatic carbocycles. The van der Waals surface area contributed by atoms with Crippen LogP contribution in [0.3, 0.4) is 0 Å². The molecule has 9 heteroatoms. The number of carbonyl (C=O) groups is 3. The van der Waals surface area contributed by atoms with E-state index in [2.05, 4.69) is 26.6 Å². The van der Waals surface area contributed by atoms with Gasteiger partial charge >= 0.3 is 0 Å². The van der Waals surface area contributed by atoms with Crippen LogP contribution in [0.2, 0.25) is 0 Å². The summed E-state index contributed by atoms with van der Waals surface area (Å²) in [6, 6.07) is 10.6. The van der Waals surface area contributed by atoms with E-state index in [9.17, 15) is 14.4 Å². The molecule has 1 aromatic heterocycles. The second-order valence-corrected chi connectivity index (χ2v) is 8.99. The van der Waals surface area contributed by atoms with Gasteiger partial charge in [-0.1, -0.05) is 18.2 Å². The van der Waals surface area contributed by atoms with Crippen LogP contribution < -0.4 is 16.4 Å². The highest BCUT2D eigenvalue weighted by molar-refractivity contribution is 9.11. The van der Waals surface area contributed by atoms with E-state index in [4.69, 9.17) is 5.73 Å². The summed E-state index contributed by atoms with van der Waals surface area (Å²) in [5.41, 5.74) is 7.05. The number of para-hydroxylation sites is 1. The summed E-state index contributed by atoms with van der Waals surface area (Å²) < 4.78 is 0.854. The Hall–Kier alpha value is -2.23. The van der Waals surface area contributed by atoms with Crippen molar-refractivity contribution in [3.63, 3.8) is 0 Å². The van der Waals surface area contributed by atoms with Gasteiger partial charge in [0.15, 0.2) is 0 Å². The molecule has 1 fully saturated rings. The van der Waals surface area contributed by atoms with Gasteiger partial charge in [-0.2, -0.15) is 0 Å². The number of primary amides is 1. The van der Waals surface area contributed by atoms with Gasteiger partial charge in [-0.25, -0.2) is 0 Å². The maximum Gasteiger partial charge on any atom is 0.261 e. The molecule has 0 bridgehead atoms. The fourth-order valence-electron chi connectivity index (χ4n) is 3.21. The Morgan fingerprint density at radius 1 is 1.21 bits per heavy atom. The molecule has 3 amide bonds. The van der Waals surface area contributed by atoms with Gasteiger partial charge in [0.25, 0.3) is 5.91 Å². The zero-order chi connectivity index (χ0) is 20.1. The van der Waals surface area contributed by atoms with Crippen LogP contribution in [0.4, 0.5) is 5.69 Å². The van der Waals surface area contributed by atoms with Gasteiger partial charge in [0, 0.05) is 12.2 Å². The maximum atomic E-state index is 12.3. The van der Waals surface area contributed by atoms with Crippen molar-refractivity contribution in [2.75, 3.05) is 18.4 Å². The highest BCUT2D eigenvalue weighted by atomic mass is 79.9. The minimum Gasteiger partial charge on any atom is -0.368 e. The lowest BCUT2D eigenvalue weighted by molar-refractivity contribution is -0.122. The Morgan fingerprint density at radius 2 is 2.00 bits per heavy atom. The van der Waals surface area contributed by atoms with Crippen LogP contribution >= 0.6 is 27.3 Å². The molecule has 0 aliphatic carbocycles. The fourth-order valence-corrected chi connectivity index (χ4v) is 4.52.